The number of halogens is 4. The summed E-state index contributed by atoms with van der Waals surface area (Å²) in [6.07, 6.45) is 14.2. The van der Waals surface area contributed by atoms with Gasteiger partial charge in [-0.15, -0.1) is 0 Å². The monoisotopic (exact) mass is 1540 g/mol. The maximum Gasteiger partial charge on any atom is 0.264 e. The fourth-order valence-electron chi connectivity index (χ4n) is 19.1. The molecular weight excluding hydrogens is 1450 g/mol. The zero-order valence-corrected chi connectivity index (χ0v) is 64.4. The van der Waals surface area contributed by atoms with Gasteiger partial charge in [-0.3, -0.25) is 19.3 Å². The molecule has 4 aromatic carbocycles. The zero-order chi connectivity index (χ0) is 73.8. The molecule has 2 saturated carbocycles. The van der Waals surface area contributed by atoms with Crippen molar-refractivity contribution in [2.75, 3.05) is 114 Å². The molecule has 105 heavy (non-hydrogen) atoms. The quantitative estimate of drug-likeness (QED) is 0.156. The van der Waals surface area contributed by atoms with Gasteiger partial charge in [0.1, 0.15) is 23.1 Å². The van der Waals surface area contributed by atoms with E-state index in [0.717, 1.165) is 86.7 Å². The van der Waals surface area contributed by atoms with Crippen molar-refractivity contribution < 1.29 is 67.4 Å². The first kappa shape index (κ1) is 74.6. The highest BCUT2D eigenvalue weighted by atomic mass is 35.5. The van der Waals surface area contributed by atoms with Crippen LogP contribution in [0.2, 0.25) is 10.0 Å². The van der Waals surface area contributed by atoms with Crippen LogP contribution in [0, 0.1) is 59.0 Å². The number of nitrogens with zero attached hydrogens (tertiary/aromatic N) is 5. The minimum atomic E-state index is -4.02. The van der Waals surface area contributed by atoms with Gasteiger partial charge in [-0.25, -0.2) is 43.5 Å². The van der Waals surface area contributed by atoms with E-state index < -0.39 is 63.2 Å². The average molecular weight is 1550 g/mol. The first-order valence-electron chi connectivity index (χ1n) is 37.8. The van der Waals surface area contributed by atoms with Crippen molar-refractivity contribution in [3.8, 4) is 11.5 Å². The van der Waals surface area contributed by atoms with Crippen LogP contribution in [0.25, 0.3) is 0 Å². The van der Waals surface area contributed by atoms with Crippen LogP contribution in [0.1, 0.15) is 141 Å². The van der Waals surface area contributed by atoms with Crippen LogP contribution in [0.3, 0.4) is 0 Å². The minimum Gasteiger partial charge on any atom is -0.490 e. The van der Waals surface area contributed by atoms with Crippen LogP contribution in [0.4, 0.5) is 20.2 Å². The number of anilines is 2. The number of hydrogen-bond donors (Lipinski definition) is 2. The van der Waals surface area contributed by atoms with Crippen LogP contribution < -0.4 is 28.7 Å². The van der Waals surface area contributed by atoms with Gasteiger partial charge in [0.25, 0.3) is 11.8 Å². The number of piperazine rings is 1. The Kier molecular flexibility index (Phi) is 20.7. The third-order valence-electron chi connectivity index (χ3n) is 26.3. The molecular formula is C78H97Cl2F2N7O13S3. The molecule has 4 aromatic rings. The molecule has 6 aliphatic carbocycles. The molecule has 14 aliphatic rings. The Balaban J connectivity index is 0.000000169. The summed E-state index contributed by atoms with van der Waals surface area (Å²) in [7, 11) is -9.31. The minimum absolute atomic E-state index is 0.00179. The van der Waals surface area contributed by atoms with Gasteiger partial charge in [-0.2, -0.15) is 4.31 Å². The second-order valence-corrected chi connectivity index (χ2v) is 39.3. The second-order valence-electron chi connectivity index (χ2n) is 32.3. The van der Waals surface area contributed by atoms with Crippen molar-refractivity contribution in [3.05, 3.63) is 139 Å². The summed E-state index contributed by atoms with van der Waals surface area (Å²) in [6, 6.07) is 17.3. The van der Waals surface area contributed by atoms with Crippen molar-refractivity contribution in [3.63, 3.8) is 0 Å². The summed E-state index contributed by atoms with van der Waals surface area (Å²) in [5, 5.41) is -1.41. The molecule has 8 heterocycles. The smallest absolute Gasteiger partial charge is 0.264 e. The van der Waals surface area contributed by atoms with Gasteiger partial charge in [0, 0.05) is 80.9 Å². The molecule has 20 nitrogen and oxygen atoms in total. The van der Waals surface area contributed by atoms with E-state index in [1.807, 2.05) is 42.8 Å². The Morgan fingerprint density at radius 2 is 1.07 bits per heavy atom. The number of nitrogens with one attached hydrogen (secondary N) is 2. The van der Waals surface area contributed by atoms with Gasteiger partial charge >= 0.3 is 0 Å². The van der Waals surface area contributed by atoms with E-state index in [1.165, 1.54) is 9.88 Å². The molecule has 568 valence electrons. The van der Waals surface area contributed by atoms with Crippen LogP contribution in [0.15, 0.2) is 84.0 Å². The Hall–Kier alpha value is -5.90. The van der Waals surface area contributed by atoms with Gasteiger partial charge in [0.2, 0.25) is 36.0 Å². The number of sulfonamides is 3. The fraction of sp³-hybridized carbons (Fsp3) is 0.603. The van der Waals surface area contributed by atoms with E-state index >= 15 is 8.78 Å². The van der Waals surface area contributed by atoms with Crippen LogP contribution >= 0.6 is 23.2 Å². The van der Waals surface area contributed by atoms with Crippen molar-refractivity contribution in [2.24, 2.45) is 47.3 Å². The molecule has 27 heteroatoms. The fourth-order valence-corrected chi connectivity index (χ4v) is 23.6. The van der Waals surface area contributed by atoms with Gasteiger partial charge in [-0.05, 0) is 234 Å². The number of fused-ring (bicyclic) bond motifs is 12. The Morgan fingerprint density at radius 1 is 0.600 bits per heavy atom. The molecule has 8 aliphatic heterocycles. The van der Waals surface area contributed by atoms with Gasteiger partial charge in [0.05, 0.1) is 82.9 Å². The highest BCUT2D eigenvalue weighted by Gasteiger charge is 2.51. The third kappa shape index (κ3) is 14.3. The van der Waals surface area contributed by atoms with Gasteiger partial charge in [0.15, 0.2) is 0 Å². The Labute approximate surface area is 626 Å². The van der Waals surface area contributed by atoms with E-state index in [2.05, 4.69) is 31.4 Å². The third-order valence-corrected chi connectivity index (χ3v) is 32.6. The lowest BCUT2D eigenvalue weighted by Crippen LogP contribution is -2.52. The molecule has 0 aromatic heterocycles. The number of allylic oxidation sites excluding steroid dienone is 2. The van der Waals surface area contributed by atoms with Crippen LogP contribution in [-0.4, -0.2) is 184 Å². The van der Waals surface area contributed by atoms with Crippen molar-refractivity contribution >= 4 is 82.4 Å². The van der Waals surface area contributed by atoms with Crippen LogP contribution in [0.5, 0.6) is 11.5 Å². The SMILES string of the molecule is C[C@@H]1[C@@H](C)S(=O)(=O)NC(=O)c2ccc3c(c2)N(C[C@@H]2CC[C@H]2[C@@H](OCCN2CCCS2(=O)=O)C2=C[C@H]1C2)C[C@@]1(CCCc2c1ccc(Cl)c2F)CO3.C[C@@H]1[C@@H](C)S(=O)(=O)NC(=O)c2ccc3c(c2)N(C[C@@H]2CC[C@H]2[C@@H](OCCN2CCN(C)CC2=O)C2=C[C@H]1C2)C[C@@]1(CCCc2c1ccc(Cl)c2F)CO3. The molecule has 14 atom stereocenters. The number of hydrogen-bond acceptors (Lipinski definition) is 16. The lowest BCUT2D eigenvalue weighted by Gasteiger charge is -2.48. The second kappa shape index (κ2) is 29.2. The molecule has 3 amide bonds. The number of rotatable bonds is 8. The lowest BCUT2D eigenvalue weighted by molar-refractivity contribution is -0.137. The molecule has 8 bridgehead atoms. The summed E-state index contributed by atoms with van der Waals surface area (Å²) in [6.45, 7) is 14.1. The zero-order valence-electron chi connectivity index (χ0n) is 60.4. The molecule has 0 radical (unpaired) electrons. The molecule has 0 unspecified atom stereocenters. The molecule has 18 rings (SSSR count). The van der Waals surface area contributed by atoms with E-state index in [-0.39, 0.29) is 111 Å². The molecule has 2 saturated heterocycles. The van der Waals surface area contributed by atoms with Crippen LogP contribution in [-0.2, 0) is 68.0 Å². The van der Waals surface area contributed by atoms with E-state index in [9.17, 15) is 39.6 Å². The maximum absolute atomic E-state index is 15.5. The summed E-state index contributed by atoms with van der Waals surface area (Å²) < 4.78 is 143. The average Bonchev–Trinajstić information content (AvgIpc) is 1.11. The van der Waals surface area contributed by atoms with E-state index in [0.29, 0.717) is 133 Å². The number of likely N-dealkylation sites (N-methyl/N-ethyl adjacent to an activating group) is 1. The Morgan fingerprint density at radius 3 is 1.50 bits per heavy atom. The van der Waals surface area contributed by atoms with Crippen molar-refractivity contribution in [1.29, 1.82) is 0 Å². The Bertz CT molecular complexity index is 4530. The first-order valence-corrected chi connectivity index (χ1v) is 43.2. The number of carbonyl (C=O) groups excluding carboxylic acids is 3. The number of ether oxygens (including phenoxy) is 4. The highest BCUT2D eigenvalue weighted by Crippen LogP contribution is 2.53. The topological polar surface area (TPSA) is 231 Å². The summed E-state index contributed by atoms with van der Waals surface area (Å²) >= 11 is 12.5. The summed E-state index contributed by atoms with van der Waals surface area (Å²) in [5.74, 6) is -0.199. The number of benzene rings is 4. The predicted octanol–water partition coefficient (Wildman–Crippen LogP) is 10.6. The van der Waals surface area contributed by atoms with E-state index in [1.54, 1.807) is 62.4 Å². The standard InChI is InChI=1S/C40H50ClFN4O6S.C38H47ClFN3O7S2/c1-24-25(2)53(49,50)43-39(48)26-7-11-35-34(19-26)46(22-40(23-52-35)12-4-5-31-32(40)9-10-33(41)37(31)42)20-27-6-8-30(27)38(29-17-28(24)18-29)51-16-15-45-14-13-44(3)21-36(45)47;1-23-24(2)52(47,48)41-37(44)25-7-11-34-33(19-25)42(21-38(22-50-34)12-3-5-30-31(38)9-10-32(39)35(30)40)20-26-6-8-29(26)36(28-17-27(23)18-28)49-15-14-43-13-4-16-51(43,45)46/h7,9-11,17,19,24-25,27-28,30,38H,4-6,8,12-16,18,20-23H2,1-3H3,(H,43,48);7,9-11,17,19,23-24,26-27,29,36H,3-6,8,12-16,18,20-22H2,1-2H3,(H,41,44)/t24-,25-,27+,28+,30-,38+,40+;23-,24-,26+,27+,29-,36+,38+/m11/s1. The molecule has 4 fully saturated rings. The number of carbonyl (C=O) groups is 3. The number of amides is 3. The first-order chi connectivity index (χ1) is 50.1. The highest BCUT2D eigenvalue weighted by molar-refractivity contribution is 7.91. The normalized spacial score (nSPS) is 33.2. The lowest BCUT2D eigenvalue weighted by atomic mass is 9.64. The molecule has 2 spiro atoms. The van der Waals surface area contributed by atoms with Gasteiger partial charge < -0.3 is 33.6 Å². The summed E-state index contributed by atoms with van der Waals surface area (Å²) in [4.78, 5) is 48.4. The van der Waals surface area contributed by atoms with Crippen molar-refractivity contribution in [2.45, 2.75) is 145 Å². The molecule has 2 N–H and O–H groups in total. The largest absolute Gasteiger partial charge is 0.490 e. The van der Waals surface area contributed by atoms with Gasteiger partial charge in [-0.1, -0.05) is 61.3 Å². The summed E-state index contributed by atoms with van der Waals surface area (Å²) in [5.41, 5.74) is 6.19. The predicted molar refractivity (Wildman–Crippen MR) is 399 cm³/mol. The van der Waals surface area contributed by atoms with E-state index in [4.69, 9.17) is 42.1 Å². The van der Waals surface area contributed by atoms with Crippen molar-refractivity contribution in [1.82, 2.24) is 23.5 Å². The maximum atomic E-state index is 15.5.